The maximum atomic E-state index is 13.7. The van der Waals surface area contributed by atoms with Crippen molar-refractivity contribution in [1.82, 2.24) is 0 Å². The second-order valence-electron chi connectivity index (χ2n) is 4.36. The van der Waals surface area contributed by atoms with Crippen LogP contribution in [0.5, 0.6) is 0 Å². The summed E-state index contributed by atoms with van der Waals surface area (Å²) in [6.07, 6.45) is 2.56. The van der Waals surface area contributed by atoms with Crippen LogP contribution >= 0.6 is 15.9 Å². The van der Waals surface area contributed by atoms with Gasteiger partial charge in [0.25, 0.3) is 0 Å². The largest absolute Gasteiger partial charge is 0.330 e. The predicted octanol–water partition coefficient (Wildman–Crippen LogP) is 3.25. The van der Waals surface area contributed by atoms with E-state index in [1.165, 1.54) is 12.1 Å². The van der Waals surface area contributed by atoms with Gasteiger partial charge < -0.3 is 5.73 Å². The molecule has 1 saturated carbocycles. The van der Waals surface area contributed by atoms with Gasteiger partial charge in [-0.2, -0.15) is 0 Å². The van der Waals surface area contributed by atoms with Crippen molar-refractivity contribution in [2.45, 2.75) is 19.3 Å². The maximum absolute atomic E-state index is 13.7. The first-order valence-corrected chi connectivity index (χ1v) is 6.25. The van der Waals surface area contributed by atoms with Crippen molar-refractivity contribution in [3.05, 3.63) is 33.8 Å². The van der Waals surface area contributed by atoms with Gasteiger partial charge in [-0.05, 0) is 65.7 Å². The van der Waals surface area contributed by atoms with Gasteiger partial charge in [-0.25, -0.2) is 8.78 Å². The monoisotopic (exact) mass is 289 g/mol. The maximum Gasteiger partial charge on any atom is 0.143 e. The van der Waals surface area contributed by atoms with E-state index in [-0.39, 0.29) is 5.56 Å². The smallest absolute Gasteiger partial charge is 0.143 e. The lowest BCUT2D eigenvalue weighted by Gasteiger charge is -2.36. The molecule has 0 bridgehead atoms. The Morgan fingerprint density at radius 2 is 1.94 bits per heavy atom. The summed E-state index contributed by atoms with van der Waals surface area (Å²) in [5, 5.41) is 0. The van der Waals surface area contributed by atoms with E-state index in [0.29, 0.717) is 29.3 Å². The topological polar surface area (TPSA) is 26.0 Å². The lowest BCUT2D eigenvalue weighted by atomic mass is 9.71. The molecule has 2 unspecified atom stereocenters. The van der Waals surface area contributed by atoms with Gasteiger partial charge in [0.2, 0.25) is 0 Å². The van der Waals surface area contributed by atoms with Crippen LogP contribution in [0.2, 0.25) is 0 Å². The number of hydrogen-bond donors (Lipinski definition) is 1. The second-order valence-corrected chi connectivity index (χ2v) is 5.21. The van der Waals surface area contributed by atoms with E-state index in [4.69, 9.17) is 5.73 Å². The van der Waals surface area contributed by atoms with Gasteiger partial charge in [-0.1, -0.05) is 0 Å². The van der Waals surface area contributed by atoms with Crippen LogP contribution in [0.3, 0.4) is 0 Å². The normalized spacial score (nSPS) is 24.2. The zero-order chi connectivity index (χ0) is 11.7. The first-order chi connectivity index (χ1) is 7.63. The minimum Gasteiger partial charge on any atom is -0.330 e. The summed E-state index contributed by atoms with van der Waals surface area (Å²) in [7, 11) is 0. The van der Waals surface area contributed by atoms with Gasteiger partial charge in [0.1, 0.15) is 11.6 Å². The fourth-order valence-electron chi connectivity index (χ4n) is 2.24. The molecular weight excluding hydrogens is 276 g/mol. The average Bonchev–Trinajstić information content (AvgIpc) is 2.23. The molecule has 0 saturated heterocycles. The van der Waals surface area contributed by atoms with Crippen molar-refractivity contribution in [3.63, 3.8) is 0 Å². The predicted molar refractivity (Wildman–Crippen MR) is 63.0 cm³/mol. The first kappa shape index (κ1) is 12.0. The molecule has 0 spiro atoms. The van der Waals surface area contributed by atoms with Gasteiger partial charge in [-0.3, -0.25) is 0 Å². The highest BCUT2D eigenvalue weighted by atomic mass is 79.9. The molecule has 1 fully saturated rings. The van der Waals surface area contributed by atoms with Crippen LogP contribution in [0.1, 0.15) is 18.4 Å². The molecule has 1 aromatic carbocycles. The van der Waals surface area contributed by atoms with Gasteiger partial charge in [0.05, 0.1) is 4.47 Å². The molecule has 16 heavy (non-hydrogen) atoms. The third kappa shape index (κ3) is 2.13. The lowest BCUT2D eigenvalue weighted by Crippen LogP contribution is -2.34. The Labute approximate surface area is 102 Å². The Kier molecular flexibility index (Phi) is 3.60. The molecule has 1 aliphatic rings. The number of halogens is 3. The first-order valence-electron chi connectivity index (χ1n) is 5.46. The van der Waals surface area contributed by atoms with Gasteiger partial charge in [0.15, 0.2) is 0 Å². The minimum absolute atomic E-state index is 0.192. The molecule has 2 N–H and O–H groups in total. The van der Waals surface area contributed by atoms with Crippen molar-refractivity contribution < 1.29 is 8.78 Å². The Morgan fingerprint density at radius 1 is 1.25 bits per heavy atom. The fraction of sp³-hybridized carbons (Fsp3) is 0.500. The number of benzene rings is 1. The highest BCUT2D eigenvalue weighted by Gasteiger charge is 2.31. The summed E-state index contributed by atoms with van der Waals surface area (Å²) in [6, 6.07) is 2.70. The summed E-state index contributed by atoms with van der Waals surface area (Å²) in [4.78, 5) is 0. The van der Waals surface area contributed by atoms with Crippen molar-refractivity contribution in [1.29, 1.82) is 0 Å². The molecule has 0 amide bonds. The van der Waals surface area contributed by atoms with Crippen LogP contribution in [0, 0.1) is 23.5 Å². The molecule has 2 rings (SSSR count). The van der Waals surface area contributed by atoms with E-state index >= 15 is 0 Å². The van der Waals surface area contributed by atoms with E-state index in [1.807, 2.05) is 0 Å². The zero-order valence-corrected chi connectivity index (χ0v) is 10.4. The molecule has 1 aliphatic carbocycles. The Hall–Kier alpha value is -0.480. The van der Waals surface area contributed by atoms with E-state index in [1.54, 1.807) is 0 Å². The Morgan fingerprint density at radius 3 is 2.50 bits per heavy atom. The summed E-state index contributed by atoms with van der Waals surface area (Å²) in [5.74, 6) is -0.160. The average molecular weight is 290 g/mol. The molecule has 0 aromatic heterocycles. The number of hydrogen-bond acceptors (Lipinski definition) is 1. The van der Waals surface area contributed by atoms with Crippen LogP contribution in [0.15, 0.2) is 16.6 Å². The summed E-state index contributed by atoms with van der Waals surface area (Å²) in [5.41, 5.74) is 5.78. The highest BCUT2D eigenvalue weighted by Crippen LogP contribution is 2.37. The lowest BCUT2D eigenvalue weighted by molar-refractivity contribution is 0.180. The second kappa shape index (κ2) is 4.80. The molecule has 0 radical (unpaired) electrons. The van der Waals surface area contributed by atoms with E-state index in [9.17, 15) is 8.78 Å². The minimum atomic E-state index is -0.470. The molecular formula is C12H14BrF2N. The van der Waals surface area contributed by atoms with Gasteiger partial charge in [-0.15, -0.1) is 0 Å². The highest BCUT2D eigenvalue weighted by molar-refractivity contribution is 9.10. The van der Waals surface area contributed by atoms with Crippen LogP contribution in [-0.2, 0) is 6.42 Å². The Bertz CT molecular complexity index is 393. The van der Waals surface area contributed by atoms with Gasteiger partial charge in [0, 0.05) is 5.56 Å². The number of nitrogens with two attached hydrogens (primary N) is 1. The van der Waals surface area contributed by atoms with Crippen LogP contribution in [-0.4, -0.2) is 6.54 Å². The SMILES string of the molecule is NCC1CCC1Cc1c(F)ccc(Br)c1F. The van der Waals surface area contributed by atoms with Crippen molar-refractivity contribution >= 4 is 15.9 Å². The van der Waals surface area contributed by atoms with Crippen LogP contribution in [0.4, 0.5) is 8.78 Å². The zero-order valence-electron chi connectivity index (χ0n) is 8.85. The quantitative estimate of drug-likeness (QED) is 0.850. The molecule has 0 heterocycles. The summed E-state index contributed by atoms with van der Waals surface area (Å²) in [6.45, 7) is 0.613. The standard InChI is InChI=1S/C12H14BrF2N/c13-10-3-4-11(14)9(12(10)15)5-7-1-2-8(7)6-16/h3-4,7-8H,1-2,5-6,16H2. The van der Waals surface area contributed by atoms with Crippen LogP contribution in [0.25, 0.3) is 0 Å². The van der Waals surface area contributed by atoms with E-state index in [0.717, 1.165) is 12.8 Å². The van der Waals surface area contributed by atoms with Crippen molar-refractivity contribution in [2.24, 2.45) is 17.6 Å². The molecule has 4 heteroatoms. The van der Waals surface area contributed by atoms with Crippen LogP contribution < -0.4 is 5.73 Å². The molecule has 88 valence electrons. The van der Waals surface area contributed by atoms with Crippen molar-refractivity contribution in [3.8, 4) is 0 Å². The molecule has 1 aromatic rings. The third-order valence-electron chi connectivity index (χ3n) is 3.48. The van der Waals surface area contributed by atoms with E-state index < -0.39 is 11.6 Å². The number of rotatable bonds is 3. The molecule has 2 atom stereocenters. The Balaban J connectivity index is 2.18. The third-order valence-corrected chi connectivity index (χ3v) is 4.10. The molecule has 0 aliphatic heterocycles. The van der Waals surface area contributed by atoms with Gasteiger partial charge >= 0.3 is 0 Å². The van der Waals surface area contributed by atoms with Crippen molar-refractivity contribution in [2.75, 3.05) is 6.54 Å². The van der Waals surface area contributed by atoms with E-state index in [2.05, 4.69) is 15.9 Å². The summed E-state index contributed by atoms with van der Waals surface area (Å²) >= 11 is 3.08. The summed E-state index contributed by atoms with van der Waals surface area (Å²) < 4.78 is 27.5. The molecule has 1 nitrogen and oxygen atoms in total. The fourth-order valence-corrected chi connectivity index (χ4v) is 2.61.